The van der Waals surface area contributed by atoms with Gasteiger partial charge in [-0.1, -0.05) is 12.8 Å². The lowest BCUT2D eigenvalue weighted by atomic mass is 9.94. The first kappa shape index (κ1) is 16.1. The molecular formula is C14H20N2O4. The van der Waals surface area contributed by atoms with Crippen LogP contribution in [-0.4, -0.2) is 28.7 Å². The Morgan fingerprint density at radius 3 is 2.35 bits per heavy atom. The third kappa shape index (κ3) is 4.32. The van der Waals surface area contributed by atoms with Crippen molar-refractivity contribution < 1.29 is 19.8 Å². The van der Waals surface area contributed by atoms with Gasteiger partial charge in [0.15, 0.2) is 0 Å². The highest BCUT2D eigenvalue weighted by Gasteiger charge is 2.18. The molecule has 0 heterocycles. The zero-order chi connectivity index (χ0) is 15.1. The topological polar surface area (TPSA) is 127 Å². The van der Waals surface area contributed by atoms with Gasteiger partial charge < -0.3 is 21.7 Å². The Kier molecular flexibility index (Phi) is 6.14. The second kappa shape index (κ2) is 7.62. The Hall–Kier alpha value is -1.92. The number of carbonyl (C=O) groups is 2. The molecule has 0 amide bonds. The fourth-order valence-corrected chi connectivity index (χ4v) is 2.04. The molecule has 6 heteroatoms. The van der Waals surface area contributed by atoms with Crippen molar-refractivity contribution in [3.63, 3.8) is 0 Å². The van der Waals surface area contributed by atoms with E-state index in [9.17, 15) is 9.59 Å². The summed E-state index contributed by atoms with van der Waals surface area (Å²) in [5.74, 6) is -2.20. The summed E-state index contributed by atoms with van der Waals surface area (Å²) in [5, 5.41) is 18.1. The molecule has 110 valence electrons. The molecule has 1 aromatic rings. The Morgan fingerprint density at radius 1 is 1.10 bits per heavy atom. The van der Waals surface area contributed by atoms with E-state index in [0.717, 1.165) is 19.3 Å². The highest BCUT2D eigenvalue weighted by atomic mass is 16.4. The second-order valence-corrected chi connectivity index (χ2v) is 4.66. The van der Waals surface area contributed by atoms with Crippen LogP contribution in [0.2, 0.25) is 0 Å². The van der Waals surface area contributed by atoms with Crippen molar-refractivity contribution in [3.8, 4) is 0 Å². The quantitative estimate of drug-likeness (QED) is 0.536. The first-order chi connectivity index (χ1) is 9.47. The molecule has 6 nitrogen and oxygen atoms in total. The summed E-state index contributed by atoms with van der Waals surface area (Å²) in [6, 6.07) is 3.43. The van der Waals surface area contributed by atoms with Crippen LogP contribution >= 0.6 is 0 Å². The van der Waals surface area contributed by atoms with Gasteiger partial charge >= 0.3 is 11.9 Å². The van der Waals surface area contributed by atoms with E-state index in [1.54, 1.807) is 0 Å². The molecule has 0 aliphatic rings. The van der Waals surface area contributed by atoms with Gasteiger partial charge in [-0.2, -0.15) is 0 Å². The molecule has 20 heavy (non-hydrogen) atoms. The van der Waals surface area contributed by atoms with E-state index in [0.29, 0.717) is 18.5 Å². The lowest BCUT2D eigenvalue weighted by molar-refractivity contribution is 0.0679. The number of rotatable bonds is 8. The number of benzene rings is 1. The van der Waals surface area contributed by atoms with E-state index in [4.69, 9.17) is 21.7 Å². The minimum Gasteiger partial charge on any atom is -0.478 e. The number of aromatic carboxylic acids is 2. The third-order valence-corrected chi connectivity index (χ3v) is 3.15. The third-order valence-electron chi connectivity index (χ3n) is 3.15. The van der Waals surface area contributed by atoms with Crippen LogP contribution in [0.3, 0.4) is 0 Å². The first-order valence-corrected chi connectivity index (χ1v) is 6.53. The Labute approximate surface area is 117 Å². The van der Waals surface area contributed by atoms with Crippen molar-refractivity contribution in [2.45, 2.75) is 31.7 Å². The summed E-state index contributed by atoms with van der Waals surface area (Å²) < 4.78 is 0. The van der Waals surface area contributed by atoms with Crippen LogP contribution in [0.5, 0.6) is 0 Å². The van der Waals surface area contributed by atoms with Gasteiger partial charge in [-0.25, -0.2) is 9.59 Å². The van der Waals surface area contributed by atoms with Crippen LogP contribution in [0.25, 0.3) is 0 Å². The number of carboxylic acid groups (broad SMARTS) is 2. The molecule has 0 aromatic heterocycles. The average Bonchev–Trinajstić information content (AvgIpc) is 2.42. The van der Waals surface area contributed by atoms with Gasteiger partial charge in [0.1, 0.15) is 0 Å². The monoisotopic (exact) mass is 280 g/mol. The Bertz CT molecular complexity index is 488. The average molecular weight is 280 g/mol. The van der Waals surface area contributed by atoms with Gasteiger partial charge in [0.2, 0.25) is 0 Å². The maximum absolute atomic E-state index is 11.2. The maximum atomic E-state index is 11.2. The lowest BCUT2D eigenvalue weighted by Gasteiger charge is -2.15. The number of hydrogen-bond acceptors (Lipinski definition) is 4. The summed E-state index contributed by atoms with van der Waals surface area (Å²) in [6.07, 6.45) is 3.25. The van der Waals surface area contributed by atoms with Crippen molar-refractivity contribution in [3.05, 3.63) is 34.9 Å². The van der Waals surface area contributed by atoms with Gasteiger partial charge in [0.25, 0.3) is 0 Å². The summed E-state index contributed by atoms with van der Waals surface area (Å²) in [5.41, 5.74) is 11.9. The predicted molar refractivity (Wildman–Crippen MR) is 74.8 cm³/mol. The van der Waals surface area contributed by atoms with E-state index in [2.05, 4.69) is 0 Å². The van der Waals surface area contributed by atoms with Crippen LogP contribution in [-0.2, 0) is 0 Å². The molecule has 0 spiro atoms. The molecule has 0 aliphatic carbocycles. The normalized spacial score (nSPS) is 12.1. The van der Waals surface area contributed by atoms with E-state index in [1.165, 1.54) is 18.2 Å². The number of unbranched alkanes of at least 4 members (excludes halogenated alkanes) is 2. The highest BCUT2D eigenvalue weighted by Crippen LogP contribution is 2.23. The zero-order valence-electron chi connectivity index (χ0n) is 11.2. The van der Waals surface area contributed by atoms with E-state index in [1.807, 2.05) is 0 Å². The Balaban J connectivity index is 2.91. The van der Waals surface area contributed by atoms with Crippen molar-refractivity contribution in [2.24, 2.45) is 11.5 Å². The van der Waals surface area contributed by atoms with Crippen LogP contribution in [0.15, 0.2) is 18.2 Å². The van der Waals surface area contributed by atoms with Gasteiger partial charge in [-0.05, 0) is 43.1 Å². The van der Waals surface area contributed by atoms with E-state index in [-0.39, 0.29) is 11.1 Å². The molecule has 1 rings (SSSR count). The van der Waals surface area contributed by atoms with E-state index < -0.39 is 18.0 Å². The molecule has 0 radical (unpaired) electrons. The summed E-state index contributed by atoms with van der Waals surface area (Å²) >= 11 is 0. The maximum Gasteiger partial charge on any atom is 0.336 e. The highest BCUT2D eigenvalue weighted by molar-refractivity contribution is 5.93. The lowest BCUT2D eigenvalue weighted by Crippen LogP contribution is -2.16. The fraction of sp³-hybridized carbons (Fsp3) is 0.429. The molecular weight excluding hydrogens is 260 g/mol. The predicted octanol–water partition coefficient (Wildman–Crippen LogP) is 1.60. The van der Waals surface area contributed by atoms with Gasteiger partial charge in [-0.3, -0.25) is 0 Å². The van der Waals surface area contributed by atoms with Crippen LogP contribution in [0.1, 0.15) is 58.0 Å². The van der Waals surface area contributed by atoms with Crippen molar-refractivity contribution in [1.29, 1.82) is 0 Å². The number of nitrogens with two attached hydrogens (primary N) is 2. The molecule has 6 N–H and O–H groups in total. The fourth-order valence-electron chi connectivity index (χ4n) is 2.04. The van der Waals surface area contributed by atoms with Crippen molar-refractivity contribution >= 4 is 11.9 Å². The molecule has 0 fully saturated rings. The minimum atomic E-state index is -1.10. The minimum absolute atomic E-state index is 0.0439. The molecule has 0 aliphatic heterocycles. The molecule has 1 aromatic carbocycles. The van der Waals surface area contributed by atoms with Crippen LogP contribution < -0.4 is 11.5 Å². The van der Waals surface area contributed by atoms with Gasteiger partial charge in [-0.15, -0.1) is 0 Å². The smallest absolute Gasteiger partial charge is 0.336 e. The summed E-state index contributed by atoms with van der Waals surface area (Å²) in [4.78, 5) is 22.1. The Morgan fingerprint density at radius 2 is 1.80 bits per heavy atom. The van der Waals surface area contributed by atoms with Crippen molar-refractivity contribution in [1.82, 2.24) is 0 Å². The van der Waals surface area contributed by atoms with Gasteiger partial charge in [0.05, 0.1) is 11.1 Å². The SMILES string of the molecule is NCCCCCC(N)c1cc(C(=O)O)ccc1C(=O)O. The molecule has 1 atom stereocenters. The second-order valence-electron chi connectivity index (χ2n) is 4.66. The van der Waals surface area contributed by atoms with E-state index >= 15 is 0 Å². The summed E-state index contributed by atoms with van der Waals surface area (Å²) in [7, 11) is 0. The van der Waals surface area contributed by atoms with Crippen molar-refractivity contribution in [2.75, 3.05) is 6.54 Å². The van der Waals surface area contributed by atoms with Crippen LogP contribution in [0.4, 0.5) is 0 Å². The largest absolute Gasteiger partial charge is 0.478 e. The first-order valence-electron chi connectivity index (χ1n) is 6.53. The zero-order valence-corrected chi connectivity index (χ0v) is 11.2. The number of carboxylic acids is 2. The molecule has 0 saturated heterocycles. The van der Waals surface area contributed by atoms with Gasteiger partial charge in [0, 0.05) is 6.04 Å². The molecule has 0 saturated carbocycles. The van der Waals surface area contributed by atoms with Crippen LogP contribution in [0, 0.1) is 0 Å². The standard InChI is InChI=1S/C14H20N2O4/c15-7-3-1-2-4-12(16)11-8-9(13(17)18)5-6-10(11)14(19)20/h5-6,8,12H,1-4,7,15-16H2,(H,17,18)(H,19,20). The molecule has 0 bridgehead atoms. The number of hydrogen-bond donors (Lipinski definition) is 4. The summed E-state index contributed by atoms with van der Waals surface area (Å²) in [6.45, 7) is 0.615. The molecule has 1 unspecified atom stereocenters.